The fourth-order valence-electron chi connectivity index (χ4n) is 1.61. The van der Waals surface area contributed by atoms with Gasteiger partial charge < -0.3 is 10.6 Å². The van der Waals surface area contributed by atoms with Crippen molar-refractivity contribution < 1.29 is 4.39 Å². The maximum absolute atomic E-state index is 13.4. The smallest absolute Gasteiger partial charge is 0.224 e. The summed E-state index contributed by atoms with van der Waals surface area (Å²) >= 11 is 6.58. The third-order valence-corrected chi connectivity index (χ3v) is 3.79. The standard InChI is InChI=1S/C13H13Br2FN4/c1-3-17-13-18-6-9(15)12(20-13)19-11-5-8(14)10(16)4-7(11)2/h4-6H,3H2,1-2H3,(H2,17,18,19,20). The van der Waals surface area contributed by atoms with Gasteiger partial charge in [-0.2, -0.15) is 4.98 Å². The second-order valence-electron chi connectivity index (χ2n) is 4.13. The van der Waals surface area contributed by atoms with Crippen molar-refractivity contribution in [3.63, 3.8) is 0 Å². The van der Waals surface area contributed by atoms with Crippen LogP contribution in [0.25, 0.3) is 0 Å². The Morgan fingerprint density at radius 3 is 2.70 bits per heavy atom. The van der Waals surface area contributed by atoms with E-state index in [1.165, 1.54) is 6.07 Å². The summed E-state index contributed by atoms with van der Waals surface area (Å²) in [6.45, 7) is 4.54. The van der Waals surface area contributed by atoms with Crippen LogP contribution in [0.1, 0.15) is 12.5 Å². The molecular formula is C13H13Br2FN4. The first-order valence-corrected chi connectivity index (χ1v) is 7.59. The largest absolute Gasteiger partial charge is 0.354 e. The molecule has 106 valence electrons. The molecule has 0 saturated heterocycles. The van der Waals surface area contributed by atoms with Crippen LogP contribution in [0.15, 0.2) is 27.3 Å². The zero-order valence-corrected chi connectivity index (χ0v) is 14.1. The van der Waals surface area contributed by atoms with Gasteiger partial charge in [-0.1, -0.05) is 0 Å². The number of aromatic nitrogens is 2. The zero-order valence-electron chi connectivity index (χ0n) is 11.0. The van der Waals surface area contributed by atoms with E-state index in [4.69, 9.17) is 0 Å². The maximum atomic E-state index is 13.4. The van der Waals surface area contributed by atoms with Crippen LogP contribution in [0, 0.1) is 12.7 Å². The third-order valence-electron chi connectivity index (χ3n) is 2.60. The van der Waals surface area contributed by atoms with E-state index in [0.29, 0.717) is 16.2 Å². The first kappa shape index (κ1) is 15.2. The Labute approximate surface area is 133 Å². The molecule has 0 spiro atoms. The van der Waals surface area contributed by atoms with Crippen molar-refractivity contribution in [3.8, 4) is 0 Å². The second kappa shape index (κ2) is 6.49. The Hall–Kier alpha value is -1.21. The lowest BCUT2D eigenvalue weighted by molar-refractivity contribution is 0.620. The minimum Gasteiger partial charge on any atom is -0.354 e. The SMILES string of the molecule is CCNc1ncc(Br)c(Nc2cc(Br)c(F)cc2C)n1. The Morgan fingerprint density at radius 2 is 2.00 bits per heavy atom. The van der Waals surface area contributed by atoms with Crippen molar-refractivity contribution >= 4 is 49.3 Å². The topological polar surface area (TPSA) is 49.8 Å². The number of benzene rings is 1. The summed E-state index contributed by atoms with van der Waals surface area (Å²) in [4.78, 5) is 8.51. The van der Waals surface area contributed by atoms with Crippen LogP contribution in [0.2, 0.25) is 0 Å². The van der Waals surface area contributed by atoms with Gasteiger partial charge in [0.1, 0.15) is 11.6 Å². The number of anilines is 3. The van der Waals surface area contributed by atoms with Crippen LogP contribution in [-0.2, 0) is 0 Å². The van der Waals surface area contributed by atoms with Gasteiger partial charge in [-0.15, -0.1) is 0 Å². The van der Waals surface area contributed by atoms with Crippen LogP contribution < -0.4 is 10.6 Å². The molecule has 0 fully saturated rings. The molecule has 0 aliphatic carbocycles. The normalized spacial score (nSPS) is 10.4. The molecule has 0 saturated carbocycles. The first-order chi connectivity index (χ1) is 9.51. The molecule has 0 radical (unpaired) electrons. The Bertz CT molecular complexity index is 634. The maximum Gasteiger partial charge on any atom is 0.224 e. The van der Waals surface area contributed by atoms with E-state index in [9.17, 15) is 4.39 Å². The molecule has 2 N–H and O–H groups in total. The fraction of sp³-hybridized carbons (Fsp3) is 0.231. The minimum atomic E-state index is -0.289. The fourth-order valence-corrected chi connectivity index (χ4v) is 2.24. The summed E-state index contributed by atoms with van der Waals surface area (Å²) in [5.74, 6) is 0.873. The lowest BCUT2D eigenvalue weighted by Gasteiger charge is -2.12. The molecule has 2 rings (SSSR count). The summed E-state index contributed by atoms with van der Waals surface area (Å²) in [5, 5.41) is 6.22. The number of hydrogen-bond donors (Lipinski definition) is 2. The van der Waals surface area contributed by atoms with Gasteiger partial charge in [0.2, 0.25) is 5.95 Å². The predicted octanol–water partition coefficient (Wildman–Crippen LogP) is 4.62. The van der Waals surface area contributed by atoms with Gasteiger partial charge >= 0.3 is 0 Å². The molecule has 0 atom stereocenters. The average molecular weight is 404 g/mol. The molecule has 7 heteroatoms. The summed E-state index contributed by atoms with van der Waals surface area (Å²) in [6, 6.07) is 3.15. The monoisotopic (exact) mass is 402 g/mol. The van der Waals surface area contributed by atoms with E-state index in [0.717, 1.165) is 22.3 Å². The van der Waals surface area contributed by atoms with Gasteiger partial charge in [-0.3, -0.25) is 0 Å². The molecule has 1 aromatic heterocycles. The molecule has 0 aliphatic rings. The first-order valence-electron chi connectivity index (χ1n) is 6.00. The number of halogens is 3. The third kappa shape index (κ3) is 3.46. The Kier molecular flexibility index (Phi) is 4.93. The van der Waals surface area contributed by atoms with Crippen molar-refractivity contribution in [2.45, 2.75) is 13.8 Å². The summed E-state index contributed by atoms with van der Waals surface area (Å²) in [7, 11) is 0. The highest BCUT2D eigenvalue weighted by Crippen LogP contribution is 2.29. The summed E-state index contributed by atoms with van der Waals surface area (Å²) in [5.41, 5.74) is 1.57. The van der Waals surface area contributed by atoms with Gasteiger partial charge in [0.05, 0.1) is 8.95 Å². The highest BCUT2D eigenvalue weighted by atomic mass is 79.9. The molecule has 0 unspecified atom stereocenters. The van der Waals surface area contributed by atoms with Crippen molar-refractivity contribution in [1.82, 2.24) is 9.97 Å². The minimum absolute atomic E-state index is 0.289. The van der Waals surface area contributed by atoms with E-state index in [1.54, 1.807) is 12.3 Å². The average Bonchev–Trinajstić information content (AvgIpc) is 2.40. The summed E-state index contributed by atoms with van der Waals surface area (Å²) < 4.78 is 14.6. The van der Waals surface area contributed by atoms with Gasteiger partial charge in [0.15, 0.2) is 0 Å². The van der Waals surface area contributed by atoms with Crippen LogP contribution in [-0.4, -0.2) is 16.5 Å². The van der Waals surface area contributed by atoms with E-state index in [1.807, 2.05) is 13.8 Å². The van der Waals surface area contributed by atoms with Gasteiger partial charge in [0.25, 0.3) is 0 Å². The van der Waals surface area contributed by atoms with E-state index in [2.05, 4.69) is 52.5 Å². The molecule has 1 aromatic carbocycles. The van der Waals surface area contributed by atoms with Crippen LogP contribution in [0.4, 0.5) is 21.8 Å². The van der Waals surface area contributed by atoms with Crippen LogP contribution >= 0.6 is 31.9 Å². The van der Waals surface area contributed by atoms with Crippen molar-refractivity contribution in [3.05, 3.63) is 38.7 Å². The van der Waals surface area contributed by atoms with Crippen molar-refractivity contribution in [1.29, 1.82) is 0 Å². The molecule has 20 heavy (non-hydrogen) atoms. The molecular weight excluding hydrogens is 391 g/mol. The molecule has 0 aliphatic heterocycles. The van der Waals surface area contributed by atoms with Gasteiger partial charge in [0, 0.05) is 18.4 Å². The van der Waals surface area contributed by atoms with Crippen LogP contribution in [0.3, 0.4) is 0 Å². The van der Waals surface area contributed by atoms with Gasteiger partial charge in [-0.25, -0.2) is 9.37 Å². The second-order valence-corrected chi connectivity index (χ2v) is 5.84. The van der Waals surface area contributed by atoms with Crippen LogP contribution in [0.5, 0.6) is 0 Å². The summed E-state index contributed by atoms with van der Waals surface area (Å²) in [6.07, 6.45) is 1.67. The number of aryl methyl sites for hydroxylation is 1. The highest BCUT2D eigenvalue weighted by molar-refractivity contribution is 9.10. The highest BCUT2D eigenvalue weighted by Gasteiger charge is 2.09. The number of nitrogens with zero attached hydrogens (tertiary/aromatic N) is 2. The van der Waals surface area contributed by atoms with Crippen molar-refractivity contribution in [2.24, 2.45) is 0 Å². The van der Waals surface area contributed by atoms with E-state index < -0.39 is 0 Å². The lowest BCUT2D eigenvalue weighted by Crippen LogP contribution is -2.05. The van der Waals surface area contributed by atoms with Crippen molar-refractivity contribution in [2.75, 3.05) is 17.2 Å². The van der Waals surface area contributed by atoms with E-state index in [-0.39, 0.29) is 5.82 Å². The molecule has 0 bridgehead atoms. The molecule has 4 nitrogen and oxygen atoms in total. The molecule has 2 aromatic rings. The Morgan fingerprint density at radius 1 is 1.25 bits per heavy atom. The van der Waals surface area contributed by atoms with E-state index >= 15 is 0 Å². The Balaban J connectivity index is 2.34. The molecule has 1 heterocycles. The number of rotatable bonds is 4. The van der Waals surface area contributed by atoms with Gasteiger partial charge in [-0.05, 0) is 63.4 Å². The zero-order chi connectivity index (χ0) is 14.7. The lowest BCUT2D eigenvalue weighted by atomic mass is 10.2. The number of hydrogen-bond acceptors (Lipinski definition) is 4. The number of nitrogens with one attached hydrogen (secondary N) is 2. The molecule has 0 amide bonds. The predicted molar refractivity (Wildman–Crippen MR) is 86.0 cm³/mol. The quantitative estimate of drug-likeness (QED) is 0.781.